The first-order valence-corrected chi connectivity index (χ1v) is 18.8. The van der Waals surface area contributed by atoms with Crippen LogP contribution < -0.4 is 21.1 Å². The third kappa shape index (κ3) is 9.00. The third-order valence-electron chi connectivity index (χ3n) is 10.6. The molecule has 0 radical (unpaired) electrons. The number of hydrogen-bond acceptors (Lipinski definition) is 9. The maximum Gasteiger partial charge on any atom is 0.253 e. The highest BCUT2D eigenvalue weighted by molar-refractivity contribution is 5.94. The molecule has 5 N–H and O–H groups in total. The summed E-state index contributed by atoms with van der Waals surface area (Å²) in [7, 11) is 1.78. The molecule has 11 nitrogen and oxygen atoms in total. The Kier molecular flexibility index (Phi) is 12.0. The Morgan fingerprint density at radius 2 is 1.76 bits per heavy atom. The van der Waals surface area contributed by atoms with Crippen molar-refractivity contribution in [3.8, 4) is 11.5 Å². The molecular weight excluding hydrogens is 683 g/mol. The van der Waals surface area contributed by atoms with Crippen LogP contribution in [0.3, 0.4) is 0 Å². The van der Waals surface area contributed by atoms with Crippen LogP contribution in [0.1, 0.15) is 64.0 Å². The largest absolute Gasteiger partial charge is 0.506 e. The van der Waals surface area contributed by atoms with Crippen molar-refractivity contribution >= 4 is 16.8 Å². The fourth-order valence-corrected chi connectivity index (χ4v) is 7.58. The van der Waals surface area contributed by atoms with E-state index in [2.05, 4.69) is 44.9 Å². The van der Waals surface area contributed by atoms with Crippen molar-refractivity contribution in [2.45, 2.75) is 44.1 Å². The summed E-state index contributed by atoms with van der Waals surface area (Å²) < 4.78 is 6.27. The Labute approximate surface area is 315 Å². The molecule has 282 valence electrons. The lowest BCUT2D eigenvalue weighted by molar-refractivity contribution is -0.119. The Balaban J connectivity index is 0.900. The standard InChI is InChI=1S/C43H49N5O6/c1-47(21-7-20-44-26-38(50)35-14-16-37(49)42-36(35)15-17-40(51)45-42)43(52)33-12-5-8-29(24-33)28-53-34-13-6-11-32(25-34)41(31-9-3-2-4-10-31)46-54-39-27-48-22-18-30(39)19-23-48/h2-6,8-17,24-25,30,38-39,41,44,46,49-50H,7,18-23,26-28H2,1H3,(H,45,51)/t38-,39-,41-/m0/s1. The normalized spacial score (nSPS) is 19.0. The van der Waals surface area contributed by atoms with Crippen molar-refractivity contribution in [3.05, 3.63) is 141 Å². The van der Waals surface area contributed by atoms with E-state index in [0.29, 0.717) is 54.1 Å². The van der Waals surface area contributed by atoms with Crippen molar-refractivity contribution < 1.29 is 24.6 Å². The average Bonchev–Trinajstić information content (AvgIpc) is 3.21. The minimum Gasteiger partial charge on any atom is -0.506 e. The fraction of sp³-hybridized carbons (Fsp3) is 0.349. The second-order valence-electron chi connectivity index (χ2n) is 14.4. The lowest BCUT2D eigenvalue weighted by atomic mass is 9.86. The Hall–Kier alpha value is -5.04. The summed E-state index contributed by atoms with van der Waals surface area (Å²) in [6.45, 7) is 5.00. The number of aromatic nitrogens is 1. The van der Waals surface area contributed by atoms with Crippen LogP contribution in [-0.4, -0.2) is 83.3 Å². The molecule has 0 aliphatic carbocycles. The van der Waals surface area contributed by atoms with E-state index in [0.717, 1.165) is 29.0 Å². The van der Waals surface area contributed by atoms with Gasteiger partial charge in [0.2, 0.25) is 5.56 Å². The van der Waals surface area contributed by atoms with Gasteiger partial charge in [-0.25, -0.2) is 0 Å². The summed E-state index contributed by atoms with van der Waals surface area (Å²) in [5, 5.41) is 24.8. The summed E-state index contributed by atoms with van der Waals surface area (Å²) in [5.74, 6) is 1.20. The van der Waals surface area contributed by atoms with Crippen LogP contribution in [0.5, 0.6) is 11.5 Å². The first kappa shape index (κ1) is 37.3. The number of ether oxygens (including phenoxy) is 1. The zero-order valence-electron chi connectivity index (χ0n) is 30.6. The lowest BCUT2D eigenvalue weighted by Crippen LogP contribution is -2.53. The monoisotopic (exact) mass is 731 g/mol. The molecule has 5 aromatic rings. The van der Waals surface area contributed by atoms with Crippen LogP contribution in [0, 0.1) is 5.92 Å². The van der Waals surface area contributed by atoms with Gasteiger partial charge < -0.3 is 35.1 Å². The maximum atomic E-state index is 13.3. The van der Waals surface area contributed by atoms with Gasteiger partial charge in [-0.15, -0.1) is 0 Å². The number of pyridine rings is 1. The van der Waals surface area contributed by atoms with Gasteiger partial charge in [0.25, 0.3) is 5.91 Å². The minimum absolute atomic E-state index is 0.0477. The van der Waals surface area contributed by atoms with E-state index in [9.17, 15) is 19.8 Å². The van der Waals surface area contributed by atoms with Crippen LogP contribution in [0.2, 0.25) is 0 Å². The number of H-pyrrole nitrogens is 1. The average molecular weight is 732 g/mol. The Bertz CT molecular complexity index is 2080. The van der Waals surface area contributed by atoms with Crippen molar-refractivity contribution in [1.29, 1.82) is 0 Å². The first-order valence-electron chi connectivity index (χ1n) is 18.8. The summed E-state index contributed by atoms with van der Waals surface area (Å²) in [4.78, 5) is 38.2. The van der Waals surface area contributed by atoms with Gasteiger partial charge in [0.15, 0.2) is 0 Å². The highest BCUT2D eigenvalue weighted by Crippen LogP contribution is 2.32. The number of aromatic amines is 1. The van der Waals surface area contributed by atoms with Crippen LogP contribution >= 0.6 is 0 Å². The van der Waals surface area contributed by atoms with Crippen molar-refractivity contribution in [2.75, 3.05) is 46.3 Å². The highest BCUT2D eigenvalue weighted by atomic mass is 16.7. The number of hydroxylamine groups is 1. The SMILES string of the molecule is CN(CCCNC[C@H](O)c1ccc(O)c2[nH]c(=O)ccc12)C(=O)c1cccc(COc2cccc([C@@H](NO[C@H]3CN4CCC3CC4)c3ccccc3)c2)c1. The first-order chi connectivity index (χ1) is 26.3. The lowest BCUT2D eigenvalue weighted by Gasteiger charge is -2.44. The molecule has 8 rings (SSSR count). The number of phenols is 1. The molecule has 3 saturated heterocycles. The van der Waals surface area contributed by atoms with E-state index in [4.69, 9.17) is 9.57 Å². The molecule has 0 unspecified atom stereocenters. The molecule has 4 aromatic carbocycles. The van der Waals surface area contributed by atoms with E-state index in [-0.39, 0.29) is 35.9 Å². The number of amides is 1. The Morgan fingerprint density at radius 1 is 0.963 bits per heavy atom. The number of aliphatic hydroxyl groups is 1. The van der Waals surface area contributed by atoms with Crippen LogP contribution in [0.4, 0.5) is 0 Å². The van der Waals surface area contributed by atoms with Gasteiger partial charge in [-0.2, -0.15) is 5.48 Å². The number of nitrogens with one attached hydrogen (secondary N) is 3. The van der Waals surface area contributed by atoms with E-state index in [1.807, 2.05) is 54.6 Å². The van der Waals surface area contributed by atoms with Crippen molar-refractivity contribution in [1.82, 2.24) is 25.6 Å². The van der Waals surface area contributed by atoms with Gasteiger partial charge in [-0.1, -0.05) is 60.7 Å². The molecule has 11 heteroatoms. The smallest absolute Gasteiger partial charge is 0.253 e. The number of aromatic hydroxyl groups is 1. The van der Waals surface area contributed by atoms with E-state index in [1.165, 1.54) is 38.1 Å². The number of piperidine rings is 3. The molecule has 54 heavy (non-hydrogen) atoms. The van der Waals surface area contributed by atoms with Crippen LogP contribution in [-0.2, 0) is 11.4 Å². The van der Waals surface area contributed by atoms with E-state index >= 15 is 0 Å². The molecule has 4 heterocycles. The maximum absolute atomic E-state index is 13.3. The number of benzene rings is 4. The number of nitrogens with zero attached hydrogens (tertiary/aromatic N) is 2. The minimum atomic E-state index is -0.846. The van der Waals surface area contributed by atoms with Crippen molar-refractivity contribution in [3.63, 3.8) is 0 Å². The zero-order chi connectivity index (χ0) is 37.4. The van der Waals surface area contributed by atoms with Gasteiger partial charge in [-0.05, 0) is 103 Å². The van der Waals surface area contributed by atoms with Crippen LogP contribution in [0.25, 0.3) is 10.9 Å². The molecule has 1 amide bonds. The van der Waals surface area contributed by atoms with Gasteiger partial charge in [0, 0.05) is 43.7 Å². The summed E-state index contributed by atoms with van der Waals surface area (Å²) in [6.07, 6.45) is 2.39. The zero-order valence-corrected chi connectivity index (χ0v) is 30.6. The molecule has 1 aromatic heterocycles. The molecule has 2 bridgehead atoms. The summed E-state index contributed by atoms with van der Waals surface area (Å²) >= 11 is 0. The number of hydrogen-bond donors (Lipinski definition) is 5. The Morgan fingerprint density at radius 3 is 2.56 bits per heavy atom. The topological polar surface area (TPSA) is 139 Å². The molecule has 3 aliphatic rings. The number of rotatable bonds is 16. The number of fused-ring (bicyclic) bond motifs is 4. The fourth-order valence-electron chi connectivity index (χ4n) is 7.58. The quantitative estimate of drug-likeness (QED) is 0.0676. The predicted molar refractivity (Wildman–Crippen MR) is 208 cm³/mol. The number of phenolic OH excluding ortho intramolecular Hbond substituents is 1. The summed E-state index contributed by atoms with van der Waals surface area (Å²) in [6, 6.07) is 31.9. The summed E-state index contributed by atoms with van der Waals surface area (Å²) in [5.41, 5.74) is 7.64. The molecule has 3 fully saturated rings. The molecule has 3 aliphatic heterocycles. The van der Waals surface area contributed by atoms with Gasteiger partial charge in [0.05, 0.1) is 23.8 Å². The van der Waals surface area contributed by atoms with E-state index in [1.54, 1.807) is 24.1 Å². The van der Waals surface area contributed by atoms with Crippen molar-refractivity contribution in [2.24, 2.45) is 5.92 Å². The molecule has 0 saturated carbocycles. The predicted octanol–water partition coefficient (Wildman–Crippen LogP) is 5.30. The number of carbonyl (C=O) groups excluding carboxylic acids is 1. The highest BCUT2D eigenvalue weighted by Gasteiger charge is 2.35. The second kappa shape index (κ2) is 17.4. The van der Waals surface area contributed by atoms with Gasteiger partial charge in [0.1, 0.15) is 18.1 Å². The number of carbonyl (C=O) groups is 1. The van der Waals surface area contributed by atoms with Gasteiger partial charge in [-0.3, -0.25) is 14.4 Å². The molecule has 3 atom stereocenters. The second-order valence-corrected chi connectivity index (χ2v) is 14.4. The van der Waals surface area contributed by atoms with E-state index < -0.39 is 6.10 Å². The molecular formula is C43H49N5O6. The third-order valence-corrected chi connectivity index (χ3v) is 10.6. The number of aliphatic hydroxyl groups excluding tert-OH is 1. The van der Waals surface area contributed by atoms with Crippen LogP contribution in [0.15, 0.2) is 108 Å². The molecule has 0 spiro atoms. The van der Waals surface area contributed by atoms with Gasteiger partial charge >= 0.3 is 0 Å².